The molecule has 1 amide bonds. The second kappa shape index (κ2) is 3.33. The molecule has 4 nitrogen and oxygen atoms in total. The number of hydrogen-bond acceptors (Lipinski definition) is 3. The van der Waals surface area contributed by atoms with Gasteiger partial charge in [0.1, 0.15) is 5.70 Å². The zero-order valence-corrected chi connectivity index (χ0v) is 7.40. The van der Waals surface area contributed by atoms with Gasteiger partial charge in [-0.05, 0) is 6.07 Å². The van der Waals surface area contributed by atoms with Crippen molar-refractivity contribution >= 4 is 17.8 Å². The number of carbonyl (C=O) groups is 1. The molecule has 2 rings (SSSR count). The molecule has 14 heavy (non-hydrogen) atoms. The maximum Gasteiger partial charge on any atom is 0.266 e. The van der Waals surface area contributed by atoms with E-state index in [-0.39, 0.29) is 0 Å². The van der Waals surface area contributed by atoms with Crippen LogP contribution in [0.5, 0.6) is 0 Å². The Kier molecular flexibility index (Phi) is 2.02. The van der Waals surface area contributed by atoms with Crippen LogP contribution >= 0.6 is 0 Å². The van der Waals surface area contributed by atoms with Gasteiger partial charge in [0.15, 0.2) is 0 Å². The summed E-state index contributed by atoms with van der Waals surface area (Å²) in [4.78, 5) is 14.9. The lowest BCUT2D eigenvalue weighted by Crippen LogP contribution is -2.19. The fourth-order valence-corrected chi connectivity index (χ4v) is 1.22. The fraction of sp³-hybridized carbons (Fsp3) is 0. The van der Waals surface area contributed by atoms with Crippen molar-refractivity contribution in [1.82, 2.24) is 0 Å². The maximum atomic E-state index is 10.9. The number of fused-ring (bicyclic) bond motifs is 1. The first-order chi connectivity index (χ1) is 6.77. The quantitative estimate of drug-likeness (QED) is 0.684. The molecule has 0 saturated carbocycles. The van der Waals surface area contributed by atoms with Crippen molar-refractivity contribution in [3.63, 3.8) is 0 Å². The number of nitrogens with zero attached hydrogens (tertiary/aromatic N) is 1. The van der Waals surface area contributed by atoms with Crippen LogP contribution in [0, 0.1) is 0 Å². The van der Waals surface area contributed by atoms with E-state index in [1.807, 2.05) is 24.3 Å². The molecule has 0 atom stereocenters. The van der Waals surface area contributed by atoms with E-state index in [1.165, 1.54) is 6.20 Å². The van der Waals surface area contributed by atoms with Crippen molar-refractivity contribution < 1.29 is 4.79 Å². The third-order valence-corrected chi connectivity index (χ3v) is 1.91. The molecular formula is C10H9N3O. The molecular weight excluding hydrogens is 178 g/mol. The van der Waals surface area contributed by atoms with Gasteiger partial charge in [-0.2, -0.15) is 0 Å². The molecule has 3 N–H and O–H groups in total. The standard InChI is InChI=1S/C10H9N3O/c11-10(14)9-6-12-5-7-3-1-2-4-8(7)13-9/h1-6,13H,(H2,11,14). The Morgan fingerprint density at radius 1 is 1.36 bits per heavy atom. The molecule has 0 unspecified atom stereocenters. The first kappa shape index (κ1) is 8.50. The Labute approximate surface area is 81.1 Å². The zero-order valence-electron chi connectivity index (χ0n) is 7.40. The minimum atomic E-state index is -0.515. The summed E-state index contributed by atoms with van der Waals surface area (Å²) < 4.78 is 0. The fourth-order valence-electron chi connectivity index (χ4n) is 1.22. The average molecular weight is 187 g/mol. The van der Waals surface area contributed by atoms with Crippen molar-refractivity contribution in [3.05, 3.63) is 41.7 Å². The number of anilines is 1. The second-order valence-electron chi connectivity index (χ2n) is 2.90. The SMILES string of the molecule is NC(=O)C1=CN=Cc2ccccc2N1. The summed E-state index contributed by atoms with van der Waals surface area (Å²) >= 11 is 0. The van der Waals surface area contributed by atoms with Crippen LogP contribution in [0.25, 0.3) is 0 Å². The van der Waals surface area contributed by atoms with Gasteiger partial charge in [0.2, 0.25) is 0 Å². The summed E-state index contributed by atoms with van der Waals surface area (Å²) in [6, 6.07) is 7.55. The van der Waals surface area contributed by atoms with Crippen LogP contribution in [-0.4, -0.2) is 12.1 Å². The van der Waals surface area contributed by atoms with Crippen LogP contribution in [0.1, 0.15) is 5.56 Å². The topological polar surface area (TPSA) is 67.5 Å². The van der Waals surface area contributed by atoms with Crippen molar-refractivity contribution in [2.45, 2.75) is 0 Å². The molecule has 1 aliphatic heterocycles. The number of primary amides is 1. The van der Waals surface area contributed by atoms with Gasteiger partial charge in [-0.15, -0.1) is 0 Å². The summed E-state index contributed by atoms with van der Waals surface area (Å²) in [5.74, 6) is -0.515. The normalized spacial score (nSPS) is 13.6. The highest BCUT2D eigenvalue weighted by molar-refractivity contribution is 5.99. The van der Waals surface area contributed by atoms with Gasteiger partial charge >= 0.3 is 0 Å². The number of hydrogen-bond donors (Lipinski definition) is 2. The lowest BCUT2D eigenvalue weighted by molar-refractivity contribution is -0.114. The van der Waals surface area contributed by atoms with Crippen LogP contribution in [0.15, 0.2) is 41.2 Å². The van der Waals surface area contributed by atoms with Gasteiger partial charge in [0, 0.05) is 17.5 Å². The lowest BCUT2D eigenvalue weighted by atomic mass is 10.2. The monoisotopic (exact) mass is 187 g/mol. The predicted molar refractivity (Wildman–Crippen MR) is 54.9 cm³/mol. The summed E-state index contributed by atoms with van der Waals surface area (Å²) in [6.07, 6.45) is 3.10. The van der Waals surface area contributed by atoms with Crippen LogP contribution in [0.3, 0.4) is 0 Å². The van der Waals surface area contributed by atoms with Crippen molar-refractivity contribution in [2.24, 2.45) is 10.7 Å². The number of aliphatic imine (C=N–C) groups is 1. The maximum absolute atomic E-state index is 10.9. The highest BCUT2D eigenvalue weighted by Crippen LogP contribution is 2.17. The van der Waals surface area contributed by atoms with E-state index >= 15 is 0 Å². The molecule has 1 aromatic carbocycles. The Hall–Kier alpha value is -2.10. The van der Waals surface area contributed by atoms with Gasteiger partial charge in [0.25, 0.3) is 5.91 Å². The smallest absolute Gasteiger partial charge is 0.266 e. The van der Waals surface area contributed by atoms with E-state index in [0.29, 0.717) is 5.70 Å². The lowest BCUT2D eigenvalue weighted by Gasteiger charge is -2.06. The number of benzene rings is 1. The van der Waals surface area contributed by atoms with Gasteiger partial charge in [-0.25, -0.2) is 0 Å². The van der Waals surface area contributed by atoms with Gasteiger partial charge in [0.05, 0.1) is 6.20 Å². The number of carbonyl (C=O) groups excluding carboxylic acids is 1. The first-order valence-corrected chi connectivity index (χ1v) is 4.16. The van der Waals surface area contributed by atoms with Crippen molar-refractivity contribution in [3.8, 4) is 0 Å². The molecule has 1 aromatic rings. The molecule has 70 valence electrons. The number of nitrogens with two attached hydrogens (primary N) is 1. The summed E-state index contributed by atoms with van der Waals surface area (Å²) in [7, 11) is 0. The average Bonchev–Trinajstić information content (AvgIpc) is 2.39. The largest absolute Gasteiger partial charge is 0.364 e. The minimum Gasteiger partial charge on any atom is -0.364 e. The van der Waals surface area contributed by atoms with Gasteiger partial charge in [-0.3, -0.25) is 9.79 Å². The molecule has 0 spiro atoms. The van der Waals surface area contributed by atoms with E-state index in [9.17, 15) is 4.79 Å². The molecule has 0 aliphatic carbocycles. The van der Waals surface area contributed by atoms with Crippen LogP contribution in [-0.2, 0) is 4.79 Å². The number of amides is 1. The summed E-state index contributed by atoms with van der Waals surface area (Å²) in [5.41, 5.74) is 7.21. The molecule has 1 heterocycles. The molecule has 0 bridgehead atoms. The minimum absolute atomic E-state index is 0.297. The summed E-state index contributed by atoms with van der Waals surface area (Å²) in [6.45, 7) is 0. The highest BCUT2D eigenvalue weighted by Gasteiger charge is 2.09. The zero-order chi connectivity index (χ0) is 9.97. The van der Waals surface area contributed by atoms with Crippen LogP contribution in [0.4, 0.5) is 5.69 Å². The number of para-hydroxylation sites is 1. The summed E-state index contributed by atoms with van der Waals surface area (Å²) in [5, 5.41) is 2.92. The molecule has 0 fully saturated rings. The molecule has 4 heteroatoms. The molecule has 0 aromatic heterocycles. The van der Waals surface area contributed by atoms with Crippen molar-refractivity contribution in [2.75, 3.05) is 5.32 Å². The number of nitrogens with one attached hydrogen (secondary N) is 1. The highest BCUT2D eigenvalue weighted by atomic mass is 16.1. The molecule has 0 saturated heterocycles. The first-order valence-electron chi connectivity index (χ1n) is 4.16. The Morgan fingerprint density at radius 3 is 2.93 bits per heavy atom. The van der Waals surface area contributed by atoms with E-state index in [0.717, 1.165) is 11.3 Å². The van der Waals surface area contributed by atoms with Crippen molar-refractivity contribution in [1.29, 1.82) is 0 Å². The third-order valence-electron chi connectivity index (χ3n) is 1.91. The van der Waals surface area contributed by atoms with E-state index < -0.39 is 5.91 Å². The third kappa shape index (κ3) is 1.50. The Morgan fingerprint density at radius 2 is 2.14 bits per heavy atom. The second-order valence-corrected chi connectivity index (χ2v) is 2.90. The Balaban J connectivity index is 2.42. The van der Waals surface area contributed by atoms with Crippen LogP contribution in [0.2, 0.25) is 0 Å². The molecule has 1 aliphatic rings. The van der Waals surface area contributed by atoms with Gasteiger partial charge in [-0.1, -0.05) is 18.2 Å². The number of rotatable bonds is 1. The van der Waals surface area contributed by atoms with Crippen LogP contribution < -0.4 is 11.1 Å². The van der Waals surface area contributed by atoms with E-state index in [4.69, 9.17) is 5.73 Å². The van der Waals surface area contributed by atoms with Gasteiger partial charge < -0.3 is 11.1 Å². The predicted octanol–water partition coefficient (Wildman–Crippen LogP) is 0.858. The van der Waals surface area contributed by atoms with E-state index in [1.54, 1.807) is 6.21 Å². The molecule has 0 radical (unpaired) electrons. The Bertz CT molecular complexity index is 435. The van der Waals surface area contributed by atoms with E-state index in [2.05, 4.69) is 10.3 Å².